The van der Waals surface area contributed by atoms with E-state index in [4.69, 9.17) is 4.74 Å². The van der Waals surface area contributed by atoms with Gasteiger partial charge in [0.15, 0.2) is 0 Å². The third-order valence-electron chi connectivity index (χ3n) is 4.59. The third kappa shape index (κ3) is 5.15. The average molecular weight is 334 g/mol. The summed E-state index contributed by atoms with van der Waals surface area (Å²) in [5, 5.41) is 3.20. The van der Waals surface area contributed by atoms with E-state index in [0.717, 1.165) is 39.0 Å². The van der Waals surface area contributed by atoms with E-state index in [-0.39, 0.29) is 6.03 Å². The summed E-state index contributed by atoms with van der Waals surface area (Å²) in [4.78, 5) is 14.3. The zero-order chi connectivity index (χ0) is 15.9. The Morgan fingerprint density at radius 3 is 2.78 bits per heavy atom. The minimum Gasteiger partial charge on any atom is -0.376 e. The fourth-order valence-electron chi connectivity index (χ4n) is 3.18. The summed E-state index contributed by atoms with van der Waals surface area (Å²) in [6, 6.07) is 10.7. The van der Waals surface area contributed by atoms with Gasteiger partial charge in [-0.1, -0.05) is 30.3 Å². The lowest BCUT2D eigenvalue weighted by atomic mass is 10.1. The highest BCUT2D eigenvalue weighted by molar-refractivity contribution is 7.99. The first-order valence-electron chi connectivity index (χ1n) is 8.56. The number of carbonyl (C=O) groups excluding carboxylic acids is 1. The molecule has 0 aliphatic carbocycles. The molecule has 2 heterocycles. The van der Waals surface area contributed by atoms with Crippen molar-refractivity contribution >= 4 is 17.8 Å². The second kappa shape index (κ2) is 8.60. The molecule has 2 aliphatic heterocycles. The van der Waals surface area contributed by atoms with Crippen molar-refractivity contribution in [2.75, 3.05) is 31.2 Å². The van der Waals surface area contributed by atoms with Crippen LogP contribution in [0, 0.1) is 5.92 Å². The maximum atomic E-state index is 12.3. The number of nitrogens with one attached hydrogen (secondary N) is 1. The molecule has 1 aromatic carbocycles. The molecule has 2 fully saturated rings. The van der Waals surface area contributed by atoms with Gasteiger partial charge in [-0.3, -0.25) is 0 Å². The van der Waals surface area contributed by atoms with Crippen LogP contribution >= 0.6 is 11.8 Å². The van der Waals surface area contributed by atoms with Crippen LogP contribution < -0.4 is 5.32 Å². The van der Waals surface area contributed by atoms with Crippen LogP contribution in [-0.2, 0) is 11.3 Å². The number of thioether (sulfide) groups is 1. The molecule has 2 saturated heterocycles. The molecule has 0 aromatic heterocycles. The first-order valence-corrected chi connectivity index (χ1v) is 9.71. The minimum atomic E-state index is 0.118. The number of ether oxygens (including phenoxy) is 1. The van der Waals surface area contributed by atoms with Crippen molar-refractivity contribution in [2.24, 2.45) is 5.92 Å². The second-order valence-electron chi connectivity index (χ2n) is 6.44. The first kappa shape index (κ1) is 16.7. The summed E-state index contributed by atoms with van der Waals surface area (Å²) in [7, 11) is 0. The van der Waals surface area contributed by atoms with E-state index in [9.17, 15) is 4.79 Å². The molecule has 0 spiro atoms. The average Bonchev–Trinajstić information content (AvgIpc) is 3.06. The SMILES string of the molecule is O=C(NC1CCSCC1)N1CC[C@@H](COCc2ccccc2)C1. The number of amides is 2. The quantitative estimate of drug-likeness (QED) is 0.899. The Morgan fingerprint density at radius 1 is 1.22 bits per heavy atom. The lowest BCUT2D eigenvalue weighted by molar-refractivity contribution is 0.0896. The Hall–Kier alpha value is -1.20. The monoisotopic (exact) mass is 334 g/mol. The Morgan fingerprint density at radius 2 is 2.00 bits per heavy atom. The number of urea groups is 1. The number of carbonyl (C=O) groups is 1. The lowest BCUT2D eigenvalue weighted by Crippen LogP contribution is -2.45. The molecular weight excluding hydrogens is 308 g/mol. The van der Waals surface area contributed by atoms with Crippen molar-refractivity contribution < 1.29 is 9.53 Å². The zero-order valence-corrected chi connectivity index (χ0v) is 14.4. The maximum Gasteiger partial charge on any atom is 0.317 e. The largest absolute Gasteiger partial charge is 0.376 e. The Bertz CT molecular complexity index is 491. The molecule has 0 radical (unpaired) electrons. The predicted octanol–water partition coefficient (Wildman–Crippen LogP) is 3.13. The summed E-state index contributed by atoms with van der Waals surface area (Å²) >= 11 is 1.98. The fraction of sp³-hybridized carbons (Fsp3) is 0.611. The Labute approximate surface area is 143 Å². The summed E-state index contributed by atoms with van der Waals surface area (Å²) in [6.07, 6.45) is 3.25. The van der Waals surface area contributed by atoms with Gasteiger partial charge in [-0.2, -0.15) is 11.8 Å². The molecule has 126 valence electrons. The second-order valence-corrected chi connectivity index (χ2v) is 7.66. The Kier molecular flexibility index (Phi) is 6.22. The molecule has 23 heavy (non-hydrogen) atoms. The number of nitrogens with zero attached hydrogens (tertiary/aromatic N) is 1. The first-order chi connectivity index (χ1) is 11.3. The number of hydrogen-bond acceptors (Lipinski definition) is 3. The standard InChI is InChI=1S/C18H26N2O2S/c21-18(19-17-7-10-23-11-8-17)20-9-6-16(12-20)14-22-13-15-4-2-1-3-5-15/h1-5,16-17H,6-14H2,(H,19,21)/t16-/m1/s1. The van der Waals surface area contributed by atoms with Crippen molar-refractivity contribution in [1.29, 1.82) is 0 Å². The number of rotatable bonds is 5. The van der Waals surface area contributed by atoms with Gasteiger partial charge in [0.1, 0.15) is 0 Å². The van der Waals surface area contributed by atoms with Gasteiger partial charge in [-0.05, 0) is 36.3 Å². The molecule has 2 aliphatic rings. The summed E-state index contributed by atoms with van der Waals surface area (Å²) in [5.41, 5.74) is 1.20. The van der Waals surface area contributed by atoms with Crippen molar-refractivity contribution in [2.45, 2.75) is 31.9 Å². The highest BCUT2D eigenvalue weighted by Crippen LogP contribution is 2.20. The maximum absolute atomic E-state index is 12.3. The van der Waals surface area contributed by atoms with Crippen molar-refractivity contribution in [3.05, 3.63) is 35.9 Å². The molecular formula is C18H26N2O2S. The number of benzene rings is 1. The van der Waals surface area contributed by atoms with Crippen molar-refractivity contribution in [1.82, 2.24) is 10.2 Å². The minimum absolute atomic E-state index is 0.118. The molecule has 3 rings (SSSR count). The van der Waals surface area contributed by atoms with Gasteiger partial charge in [0, 0.05) is 25.0 Å². The normalized spacial score (nSPS) is 22.3. The summed E-state index contributed by atoms with van der Waals surface area (Å²) in [6.45, 7) is 3.07. The van der Waals surface area contributed by atoms with Crippen LogP contribution in [0.2, 0.25) is 0 Å². The van der Waals surface area contributed by atoms with Gasteiger partial charge in [0.05, 0.1) is 13.2 Å². The molecule has 0 bridgehead atoms. The van der Waals surface area contributed by atoms with E-state index >= 15 is 0 Å². The van der Waals surface area contributed by atoms with Crippen molar-refractivity contribution in [3.8, 4) is 0 Å². The van der Waals surface area contributed by atoms with Gasteiger partial charge in [-0.25, -0.2) is 4.79 Å². The van der Waals surface area contributed by atoms with Gasteiger partial charge in [0.25, 0.3) is 0 Å². The van der Waals surface area contributed by atoms with Crippen molar-refractivity contribution in [3.63, 3.8) is 0 Å². The van der Waals surface area contributed by atoms with Crippen LogP contribution in [-0.4, -0.2) is 48.2 Å². The van der Waals surface area contributed by atoms with Gasteiger partial charge in [-0.15, -0.1) is 0 Å². The predicted molar refractivity (Wildman–Crippen MR) is 94.7 cm³/mol. The molecule has 1 N–H and O–H groups in total. The molecule has 0 saturated carbocycles. The topological polar surface area (TPSA) is 41.6 Å². The summed E-state index contributed by atoms with van der Waals surface area (Å²) in [5.74, 6) is 2.80. The van der Waals surface area contributed by atoms with E-state index in [1.54, 1.807) is 0 Å². The van der Waals surface area contributed by atoms with Crippen LogP contribution in [0.25, 0.3) is 0 Å². The van der Waals surface area contributed by atoms with E-state index in [1.807, 2.05) is 34.9 Å². The Balaban J connectivity index is 1.35. The zero-order valence-electron chi connectivity index (χ0n) is 13.6. The fourth-order valence-corrected chi connectivity index (χ4v) is 4.29. The van der Waals surface area contributed by atoms with Gasteiger partial charge in [0.2, 0.25) is 0 Å². The van der Waals surface area contributed by atoms with E-state index in [0.29, 0.717) is 18.6 Å². The van der Waals surface area contributed by atoms with Crippen LogP contribution in [0.15, 0.2) is 30.3 Å². The van der Waals surface area contributed by atoms with E-state index < -0.39 is 0 Å². The molecule has 2 amide bonds. The van der Waals surface area contributed by atoms with Crippen LogP contribution in [0.5, 0.6) is 0 Å². The van der Waals surface area contributed by atoms with Gasteiger partial charge < -0.3 is 15.0 Å². The molecule has 1 aromatic rings. The highest BCUT2D eigenvalue weighted by Gasteiger charge is 2.27. The molecule has 1 atom stereocenters. The van der Waals surface area contributed by atoms with Crippen LogP contribution in [0.3, 0.4) is 0 Å². The van der Waals surface area contributed by atoms with Crippen LogP contribution in [0.4, 0.5) is 4.79 Å². The molecule has 5 heteroatoms. The summed E-state index contributed by atoms with van der Waals surface area (Å²) < 4.78 is 5.82. The van der Waals surface area contributed by atoms with E-state index in [1.165, 1.54) is 17.1 Å². The molecule has 4 nitrogen and oxygen atoms in total. The molecule has 0 unspecified atom stereocenters. The van der Waals surface area contributed by atoms with Crippen LogP contribution in [0.1, 0.15) is 24.8 Å². The van der Waals surface area contributed by atoms with E-state index in [2.05, 4.69) is 17.4 Å². The number of hydrogen-bond donors (Lipinski definition) is 1. The van der Waals surface area contributed by atoms with Gasteiger partial charge >= 0.3 is 6.03 Å². The number of likely N-dealkylation sites (tertiary alicyclic amines) is 1. The highest BCUT2D eigenvalue weighted by atomic mass is 32.2. The third-order valence-corrected chi connectivity index (χ3v) is 5.64. The lowest BCUT2D eigenvalue weighted by Gasteiger charge is -2.26. The smallest absolute Gasteiger partial charge is 0.317 e.